The first-order valence-corrected chi connectivity index (χ1v) is 8.40. The SMILES string of the molecule is COc1ccc(C(=O)NCCSCc2cccc(C)c2)cc1. The third-order valence-electron chi connectivity index (χ3n) is 3.24. The highest BCUT2D eigenvalue weighted by Gasteiger charge is 2.04. The number of benzene rings is 2. The standard InChI is InChI=1S/C18H21NO2S/c1-14-4-3-5-15(12-14)13-22-11-10-19-18(20)16-6-8-17(21-2)9-7-16/h3-9,12H,10-11,13H2,1-2H3,(H,19,20). The highest BCUT2D eigenvalue weighted by atomic mass is 32.2. The lowest BCUT2D eigenvalue weighted by molar-refractivity contribution is 0.0956. The van der Waals surface area contributed by atoms with E-state index in [2.05, 4.69) is 36.5 Å². The molecule has 2 aromatic rings. The predicted octanol–water partition coefficient (Wildman–Crippen LogP) is 3.67. The molecule has 116 valence electrons. The molecule has 0 saturated carbocycles. The largest absolute Gasteiger partial charge is 0.497 e. The van der Waals surface area contributed by atoms with E-state index in [-0.39, 0.29) is 5.91 Å². The molecule has 3 nitrogen and oxygen atoms in total. The minimum Gasteiger partial charge on any atom is -0.497 e. The molecule has 4 heteroatoms. The number of methoxy groups -OCH3 is 1. The van der Waals surface area contributed by atoms with E-state index >= 15 is 0 Å². The van der Waals surface area contributed by atoms with Crippen molar-refractivity contribution in [3.05, 3.63) is 65.2 Å². The molecule has 0 aromatic heterocycles. The summed E-state index contributed by atoms with van der Waals surface area (Å²) in [7, 11) is 1.61. The van der Waals surface area contributed by atoms with Crippen LogP contribution in [0.25, 0.3) is 0 Å². The molecule has 0 fully saturated rings. The van der Waals surface area contributed by atoms with E-state index in [1.54, 1.807) is 31.4 Å². The lowest BCUT2D eigenvalue weighted by atomic mass is 10.2. The molecule has 0 heterocycles. The number of aryl methyl sites for hydroxylation is 1. The van der Waals surface area contributed by atoms with E-state index in [0.29, 0.717) is 12.1 Å². The van der Waals surface area contributed by atoms with Gasteiger partial charge in [0, 0.05) is 23.6 Å². The monoisotopic (exact) mass is 315 g/mol. The molecule has 2 aromatic carbocycles. The van der Waals surface area contributed by atoms with Crippen LogP contribution in [0, 0.1) is 6.92 Å². The fourth-order valence-electron chi connectivity index (χ4n) is 2.07. The highest BCUT2D eigenvalue weighted by Crippen LogP contribution is 2.13. The Morgan fingerprint density at radius 2 is 1.95 bits per heavy atom. The minimum absolute atomic E-state index is 0.0428. The number of ether oxygens (including phenoxy) is 1. The third-order valence-corrected chi connectivity index (χ3v) is 4.27. The van der Waals surface area contributed by atoms with Crippen molar-refractivity contribution >= 4 is 17.7 Å². The molecule has 0 radical (unpaired) electrons. The van der Waals surface area contributed by atoms with Gasteiger partial charge in [0.15, 0.2) is 0 Å². The number of carbonyl (C=O) groups is 1. The number of hydrogen-bond acceptors (Lipinski definition) is 3. The van der Waals surface area contributed by atoms with Crippen molar-refractivity contribution in [3.63, 3.8) is 0 Å². The Balaban J connectivity index is 1.68. The molecule has 1 amide bonds. The van der Waals surface area contributed by atoms with Gasteiger partial charge in [-0.1, -0.05) is 29.8 Å². The number of nitrogens with one attached hydrogen (secondary N) is 1. The summed E-state index contributed by atoms with van der Waals surface area (Å²) in [5.74, 6) is 2.58. The van der Waals surface area contributed by atoms with Crippen LogP contribution in [0.3, 0.4) is 0 Å². The molecule has 0 aliphatic heterocycles. The Morgan fingerprint density at radius 1 is 1.18 bits per heavy atom. The van der Waals surface area contributed by atoms with Crippen molar-refractivity contribution in [2.75, 3.05) is 19.4 Å². The molecule has 0 aliphatic rings. The number of amides is 1. The van der Waals surface area contributed by atoms with Gasteiger partial charge in [-0.25, -0.2) is 0 Å². The van der Waals surface area contributed by atoms with Crippen molar-refractivity contribution in [3.8, 4) is 5.75 Å². The average Bonchev–Trinajstić information content (AvgIpc) is 2.54. The lowest BCUT2D eigenvalue weighted by Gasteiger charge is -2.06. The van der Waals surface area contributed by atoms with Crippen molar-refractivity contribution in [2.24, 2.45) is 0 Å². The van der Waals surface area contributed by atoms with E-state index in [4.69, 9.17) is 4.74 Å². The zero-order valence-corrected chi connectivity index (χ0v) is 13.8. The van der Waals surface area contributed by atoms with Crippen molar-refractivity contribution in [2.45, 2.75) is 12.7 Å². The maximum Gasteiger partial charge on any atom is 0.251 e. The highest BCUT2D eigenvalue weighted by molar-refractivity contribution is 7.98. The summed E-state index contributed by atoms with van der Waals surface area (Å²) in [6.45, 7) is 2.77. The van der Waals surface area contributed by atoms with Crippen molar-refractivity contribution in [1.82, 2.24) is 5.32 Å². The van der Waals surface area contributed by atoms with Gasteiger partial charge in [-0.3, -0.25) is 4.79 Å². The van der Waals surface area contributed by atoms with Gasteiger partial charge in [-0.2, -0.15) is 11.8 Å². The molecule has 0 atom stereocenters. The smallest absolute Gasteiger partial charge is 0.251 e. The van der Waals surface area contributed by atoms with Gasteiger partial charge < -0.3 is 10.1 Å². The maximum absolute atomic E-state index is 12.0. The first-order chi connectivity index (χ1) is 10.7. The Hall–Kier alpha value is -1.94. The summed E-state index contributed by atoms with van der Waals surface area (Å²) >= 11 is 1.82. The normalized spacial score (nSPS) is 10.3. The van der Waals surface area contributed by atoms with Gasteiger partial charge >= 0.3 is 0 Å². The van der Waals surface area contributed by atoms with Crippen LogP contribution in [0.4, 0.5) is 0 Å². The van der Waals surface area contributed by atoms with Gasteiger partial charge in [0.25, 0.3) is 5.91 Å². The lowest BCUT2D eigenvalue weighted by Crippen LogP contribution is -2.25. The quantitative estimate of drug-likeness (QED) is 0.792. The van der Waals surface area contributed by atoms with Crippen molar-refractivity contribution in [1.29, 1.82) is 0 Å². The second-order valence-electron chi connectivity index (χ2n) is 5.03. The zero-order valence-electron chi connectivity index (χ0n) is 13.0. The Labute approximate surface area is 136 Å². The van der Waals surface area contributed by atoms with E-state index in [0.717, 1.165) is 17.3 Å². The Morgan fingerprint density at radius 3 is 2.64 bits per heavy atom. The van der Waals surface area contributed by atoms with Crippen LogP contribution in [-0.4, -0.2) is 25.3 Å². The van der Waals surface area contributed by atoms with Crippen LogP contribution in [0.1, 0.15) is 21.5 Å². The van der Waals surface area contributed by atoms with Gasteiger partial charge in [0.1, 0.15) is 5.75 Å². The summed E-state index contributed by atoms with van der Waals surface area (Å²) in [6, 6.07) is 15.6. The van der Waals surface area contributed by atoms with Gasteiger partial charge in [-0.15, -0.1) is 0 Å². The number of rotatable bonds is 7. The topological polar surface area (TPSA) is 38.3 Å². The predicted molar refractivity (Wildman–Crippen MR) is 92.7 cm³/mol. The Bertz CT molecular complexity index is 611. The average molecular weight is 315 g/mol. The molecule has 0 saturated heterocycles. The van der Waals surface area contributed by atoms with E-state index in [1.807, 2.05) is 11.8 Å². The molecular weight excluding hydrogens is 294 g/mol. The van der Waals surface area contributed by atoms with Crippen LogP contribution in [0.5, 0.6) is 5.75 Å². The summed E-state index contributed by atoms with van der Waals surface area (Å²) in [4.78, 5) is 12.0. The molecule has 22 heavy (non-hydrogen) atoms. The fraction of sp³-hybridized carbons (Fsp3) is 0.278. The van der Waals surface area contributed by atoms with Crippen molar-refractivity contribution < 1.29 is 9.53 Å². The van der Waals surface area contributed by atoms with Gasteiger partial charge in [0.05, 0.1) is 7.11 Å². The minimum atomic E-state index is -0.0428. The second kappa shape index (κ2) is 8.49. The van der Waals surface area contributed by atoms with Crippen LogP contribution in [0.2, 0.25) is 0 Å². The molecule has 1 N–H and O–H groups in total. The molecule has 2 rings (SSSR count). The van der Waals surface area contributed by atoms with Crippen LogP contribution in [-0.2, 0) is 5.75 Å². The van der Waals surface area contributed by atoms with E-state index in [1.165, 1.54) is 11.1 Å². The molecule has 0 aliphatic carbocycles. The molecular formula is C18H21NO2S. The summed E-state index contributed by atoms with van der Waals surface area (Å²) in [6.07, 6.45) is 0. The van der Waals surface area contributed by atoms with Crippen LogP contribution in [0.15, 0.2) is 48.5 Å². The molecule has 0 unspecified atom stereocenters. The molecule has 0 spiro atoms. The van der Waals surface area contributed by atoms with E-state index < -0.39 is 0 Å². The van der Waals surface area contributed by atoms with Crippen LogP contribution >= 0.6 is 11.8 Å². The first-order valence-electron chi connectivity index (χ1n) is 7.24. The van der Waals surface area contributed by atoms with Gasteiger partial charge in [0.2, 0.25) is 0 Å². The Kier molecular flexibility index (Phi) is 6.34. The maximum atomic E-state index is 12.0. The summed E-state index contributed by atoms with van der Waals surface area (Å²) < 4.78 is 5.08. The summed E-state index contributed by atoms with van der Waals surface area (Å²) in [5, 5.41) is 2.93. The number of carbonyl (C=O) groups excluding carboxylic acids is 1. The van der Waals surface area contributed by atoms with E-state index in [9.17, 15) is 4.79 Å². The van der Waals surface area contributed by atoms with Crippen LogP contribution < -0.4 is 10.1 Å². The fourth-order valence-corrected chi connectivity index (χ4v) is 2.88. The second-order valence-corrected chi connectivity index (χ2v) is 6.13. The number of hydrogen-bond donors (Lipinski definition) is 1. The third kappa shape index (κ3) is 5.11. The zero-order chi connectivity index (χ0) is 15.8. The summed E-state index contributed by atoms with van der Waals surface area (Å²) in [5.41, 5.74) is 3.27. The number of thioether (sulfide) groups is 1. The first kappa shape index (κ1) is 16.4. The van der Waals surface area contributed by atoms with Gasteiger partial charge in [-0.05, 0) is 36.8 Å². The molecule has 0 bridgehead atoms.